The summed E-state index contributed by atoms with van der Waals surface area (Å²) in [6.07, 6.45) is -3.71. The van der Waals surface area contributed by atoms with Gasteiger partial charge in [0.1, 0.15) is 11.2 Å². The highest BCUT2D eigenvalue weighted by atomic mass is 35.5. The molecule has 0 radical (unpaired) electrons. The van der Waals surface area contributed by atoms with Gasteiger partial charge in [-0.25, -0.2) is 4.98 Å². The Morgan fingerprint density at radius 3 is 2.37 bits per heavy atom. The van der Waals surface area contributed by atoms with Crippen molar-refractivity contribution in [3.8, 4) is 11.1 Å². The maximum Gasteiger partial charge on any atom is 0.471 e. The van der Waals surface area contributed by atoms with Crippen LogP contribution in [0.5, 0.6) is 0 Å². The molecule has 258 valence electrons. The second-order valence-electron chi connectivity index (χ2n) is 12.0. The van der Waals surface area contributed by atoms with Gasteiger partial charge in [-0.2, -0.15) is 13.2 Å². The van der Waals surface area contributed by atoms with Gasteiger partial charge >= 0.3 is 12.1 Å². The smallest absolute Gasteiger partial charge is 0.392 e. The van der Waals surface area contributed by atoms with Crippen molar-refractivity contribution in [1.29, 1.82) is 0 Å². The number of alkyl halides is 3. The Hall–Kier alpha value is -3.94. The molecule has 6 rings (SSSR count). The highest BCUT2D eigenvalue weighted by molar-refractivity contribution is 6.40. The molecule has 2 fully saturated rings. The number of likely N-dealkylation sites (tertiary alicyclic amines) is 1. The van der Waals surface area contributed by atoms with Gasteiger partial charge in [-0.1, -0.05) is 89.9 Å². The first kappa shape index (κ1) is 34.9. The molecule has 49 heavy (non-hydrogen) atoms. The zero-order valence-corrected chi connectivity index (χ0v) is 27.6. The largest absolute Gasteiger partial charge is 0.471 e. The maximum absolute atomic E-state index is 13.0. The number of hydrogen-bond donors (Lipinski definition) is 2. The number of amides is 2. The number of benzene rings is 3. The third kappa shape index (κ3) is 8.11. The highest BCUT2D eigenvalue weighted by Crippen LogP contribution is 2.39. The molecule has 2 N–H and O–H groups in total. The fourth-order valence-electron chi connectivity index (χ4n) is 6.17. The number of rotatable bonds is 9. The van der Waals surface area contributed by atoms with E-state index in [0.717, 1.165) is 33.4 Å². The van der Waals surface area contributed by atoms with Crippen LogP contribution in [0, 0.1) is 0 Å². The average Bonchev–Trinajstić information content (AvgIpc) is 3.73. The summed E-state index contributed by atoms with van der Waals surface area (Å²) >= 11 is 12.4. The van der Waals surface area contributed by atoms with E-state index in [1.165, 1.54) is 0 Å². The molecule has 14 heteroatoms. The quantitative estimate of drug-likeness (QED) is 0.198. The zero-order valence-electron chi connectivity index (χ0n) is 26.1. The van der Waals surface area contributed by atoms with Gasteiger partial charge in [-0.3, -0.25) is 9.59 Å². The van der Waals surface area contributed by atoms with Gasteiger partial charge in [0.15, 0.2) is 11.4 Å². The summed E-state index contributed by atoms with van der Waals surface area (Å²) < 4.78 is 53.5. The van der Waals surface area contributed by atoms with Gasteiger partial charge in [0.05, 0.1) is 31.7 Å². The molecule has 4 aromatic rings. The van der Waals surface area contributed by atoms with Gasteiger partial charge in [-0.05, 0) is 46.7 Å². The summed E-state index contributed by atoms with van der Waals surface area (Å²) in [7, 11) is 0. The minimum absolute atomic E-state index is 0.0589. The standard InChI is InChI=1S/C35H33Cl2F3N4O5/c36-30-31(37)43(20-42-30)18-27-16-29(24-8-6-21(19-45)7-9-24)49-33(48-27)25-12-10-23(11-13-25)26-4-1-3-22(15-26)17-41-32(46)28-5-2-14-44(28)34(47)35(38,39)40/h1,3-4,6-13,15,20,27-29,33,45H,2,5,14,16-19H2,(H,41,46). The topological polar surface area (TPSA) is 106 Å². The minimum Gasteiger partial charge on any atom is -0.392 e. The number of aliphatic hydroxyl groups is 1. The van der Waals surface area contributed by atoms with Crippen LogP contribution in [0.15, 0.2) is 79.1 Å². The molecular weight excluding hydrogens is 684 g/mol. The molecule has 4 unspecified atom stereocenters. The Kier molecular flexibility index (Phi) is 10.6. The van der Waals surface area contributed by atoms with E-state index in [1.807, 2.05) is 72.8 Å². The van der Waals surface area contributed by atoms with Crippen molar-refractivity contribution < 1.29 is 37.3 Å². The van der Waals surface area contributed by atoms with Crippen molar-refractivity contribution in [3.63, 3.8) is 0 Å². The van der Waals surface area contributed by atoms with Crippen LogP contribution in [0.25, 0.3) is 11.1 Å². The van der Waals surface area contributed by atoms with E-state index >= 15 is 0 Å². The Morgan fingerprint density at radius 1 is 0.959 bits per heavy atom. The number of nitrogens with one attached hydrogen (secondary N) is 1. The van der Waals surface area contributed by atoms with E-state index in [4.69, 9.17) is 32.7 Å². The van der Waals surface area contributed by atoms with E-state index in [1.54, 1.807) is 10.9 Å². The zero-order chi connectivity index (χ0) is 34.7. The molecule has 2 aliphatic rings. The van der Waals surface area contributed by atoms with Crippen molar-refractivity contribution in [1.82, 2.24) is 19.8 Å². The minimum atomic E-state index is -5.03. The molecule has 2 amide bonds. The van der Waals surface area contributed by atoms with E-state index < -0.39 is 30.3 Å². The van der Waals surface area contributed by atoms with Crippen LogP contribution in [0.4, 0.5) is 13.2 Å². The third-order valence-corrected chi connectivity index (χ3v) is 9.49. The van der Waals surface area contributed by atoms with Crippen molar-refractivity contribution >= 4 is 35.0 Å². The normalized spacial score (nSPS) is 21.1. The van der Waals surface area contributed by atoms with E-state index in [-0.39, 0.29) is 43.5 Å². The second kappa shape index (κ2) is 14.9. The first-order valence-corrected chi connectivity index (χ1v) is 16.5. The summed E-state index contributed by atoms with van der Waals surface area (Å²) in [6, 6.07) is 21.6. The SMILES string of the molecule is O=C(NCc1cccc(-c2ccc(C3OC(Cn4cnc(Cl)c4Cl)CC(c4ccc(CO)cc4)O3)cc2)c1)C1CCCN1C(=O)C(F)(F)F. The number of hydrogen-bond acceptors (Lipinski definition) is 6. The predicted molar refractivity (Wildman–Crippen MR) is 175 cm³/mol. The van der Waals surface area contributed by atoms with Crippen LogP contribution in [-0.4, -0.2) is 56.2 Å². The monoisotopic (exact) mass is 716 g/mol. The summed E-state index contributed by atoms with van der Waals surface area (Å²) in [5.74, 6) is -2.61. The molecule has 3 heterocycles. The number of carbonyl (C=O) groups excluding carboxylic acids is 2. The molecule has 1 aromatic heterocycles. The molecular formula is C35H33Cl2F3N4O5. The van der Waals surface area contributed by atoms with Gasteiger partial charge in [0.2, 0.25) is 5.91 Å². The number of nitrogens with zero attached hydrogens (tertiary/aromatic N) is 3. The van der Waals surface area contributed by atoms with Crippen LogP contribution < -0.4 is 5.32 Å². The lowest BCUT2D eigenvalue weighted by molar-refractivity contribution is -0.252. The number of ether oxygens (including phenoxy) is 2. The molecule has 2 aliphatic heterocycles. The van der Waals surface area contributed by atoms with Crippen LogP contribution >= 0.6 is 23.2 Å². The predicted octanol–water partition coefficient (Wildman–Crippen LogP) is 6.76. The average molecular weight is 718 g/mol. The summed E-state index contributed by atoms with van der Waals surface area (Å²) in [4.78, 5) is 29.2. The second-order valence-corrected chi connectivity index (χ2v) is 12.7. The van der Waals surface area contributed by atoms with Gasteiger partial charge in [-0.15, -0.1) is 0 Å². The van der Waals surface area contributed by atoms with E-state index in [0.29, 0.717) is 29.4 Å². The molecule has 2 saturated heterocycles. The van der Waals surface area contributed by atoms with Gasteiger partial charge < -0.3 is 29.4 Å². The highest BCUT2D eigenvalue weighted by Gasteiger charge is 2.47. The summed E-state index contributed by atoms with van der Waals surface area (Å²) in [5.41, 5.74) is 5.03. The molecule has 0 aliphatic carbocycles. The first-order chi connectivity index (χ1) is 23.5. The van der Waals surface area contributed by atoms with Gasteiger partial charge in [0.25, 0.3) is 0 Å². The Bertz CT molecular complexity index is 1790. The van der Waals surface area contributed by atoms with Crippen LogP contribution in [0.2, 0.25) is 10.3 Å². The van der Waals surface area contributed by atoms with E-state index in [9.17, 15) is 27.9 Å². The van der Waals surface area contributed by atoms with Crippen molar-refractivity contribution in [2.75, 3.05) is 6.54 Å². The molecule has 4 atom stereocenters. The Balaban J connectivity index is 1.14. The van der Waals surface area contributed by atoms with Gasteiger partial charge in [0, 0.05) is 25.1 Å². The van der Waals surface area contributed by atoms with Crippen molar-refractivity contribution in [2.45, 2.75) is 69.7 Å². The number of carbonyl (C=O) groups is 2. The summed E-state index contributed by atoms with van der Waals surface area (Å²) in [6.45, 7) is 0.331. The van der Waals surface area contributed by atoms with Crippen LogP contribution in [0.1, 0.15) is 53.9 Å². The fraction of sp³-hybridized carbons (Fsp3) is 0.343. The number of aliphatic hydroxyl groups excluding tert-OH is 1. The summed E-state index contributed by atoms with van der Waals surface area (Å²) in [5, 5.41) is 12.7. The van der Waals surface area contributed by atoms with E-state index in [2.05, 4.69) is 10.3 Å². The lowest BCUT2D eigenvalue weighted by Crippen LogP contribution is -2.50. The molecule has 0 saturated carbocycles. The van der Waals surface area contributed by atoms with Crippen molar-refractivity contribution in [2.24, 2.45) is 0 Å². The first-order valence-electron chi connectivity index (χ1n) is 15.7. The Morgan fingerprint density at radius 2 is 1.69 bits per heavy atom. The van der Waals surface area contributed by atoms with Crippen LogP contribution in [-0.2, 0) is 38.8 Å². The number of halogens is 5. The number of aromatic nitrogens is 2. The fourth-order valence-corrected chi connectivity index (χ4v) is 6.48. The lowest BCUT2D eigenvalue weighted by atomic mass is 9.99. The Labute approximate surface area is 290 Å². The number of imidazole rings is 1. The molecule has 0 bridgehead atoms. The van der Waals surface area contributed by atoms with Crippen molar-refractivity contribution in [3.05, 3.63) is 112 Å². The molecule has 0 spiro atoms. The third-order valence-electron chi connectivity index (χ3n) is 8.72. The lowest BCUT2D eigenvalue weighted by Gasteiger charge is -2.36. The van der Waals surface area contributed by atoms with Crippen LogP contribution in [0.3, 0.4) is 0 Å². The molecule has 9 nitrogen and oxygen atoms in total. The molecule has 3 aromatic carbocycles. The maximum atomic E-state index is 13.0.